The molecule has 2 unspecified atom stereocenters. The van der Waals surface area contributed by atoms with Gasteiger partial charge in [0.05, 0.1) is 31.5 Å². The van der Waals surface area contributed by atoms with Crippen LogP contribution in [0.2, 0.25) is 0 Å². The van der Waals surface area contributed by atoms with Crippen LogP contribution >= 0.6 is 0 Å². The van der Waals surface area contributed by atoms with E-state index in [9.17, 15) is 4.79 Å². The molecule has 0 saturated carbocycles. The maximum absolute atomic E-state index is 11.8. The lowest BCUT2D eigenvalue weighted by molar-refractivity contribution is -0.0190. The van der Waals surface area contributed by atoms with Crippen molar-refractivity contribution in [1.82, 2.24) is 5.01 Å². The molecule has 31 heavy (non-hydrogen) atoms. The van der Waals surface area contributed by atoms with Gasteiger partial charge in [-0.1, -0.05) is 30.3 Å². The van der Waals surface area contributed by atoms with Crippen molar-refractivity contribution >= 4 is 11.7 Å². The lowest BCUT2D eigenvalue weighted by atomic mass is 9.96. The Hall–Kier alpha value is -3.80. The van der Waals surface area contributed by atoms with Crippen LogP contribution in [-0.2, 0) is 4.74 Å². The van der Waals surface area contributed by atoms with Crippen LogP contribution in [0.25, 0.3) is 0 Å². The van der Waals surface area contributed by atoms with Gasteiger partial charge in [0.1, 0.15) is 11.5 Å². The molecule has 0 fully saturated rings. The van der Waals surface area contributed by atoms with E-state index in [1.54, 1.807) is 19.2 Å². The molecule has 2 heterocycles. The number of hydrazone groups is 1. The average molecular weight is 414 g/mol. The maximum atomic E-state index is 11.8. The van der Waals surface area contributed by atoms with E-state index >= 15 is 0 Å². The van der Waals surface area contributed by atoms with Gasteiger partial charge in [0.2, 0.25) is 6.23 Å². The third-order valence-corrected chi connectivity index (χ3v) is 5.74. The predicted octanol–water partition coefficient (Wildman–Crippen LogP) is 4.72. The first-order valence-electron chi connectivity index (χ1n) is 10.1. The Bertz CT molecular complexity index is 1140. The van der Waals surface area contributed by atoms with Crippen molar-refractivity contribution in [3.8, 4) is 11.5 Å². The first kappa shape index (κ1) is 19.2. The summed E-state index contributed by atoms with van der Waals surface area (Å²) in [6.07, 6.45) is 0.394. The van der Waals surface area contributed by atoms with Crippen molar-refractivity contribution in [2.24, 2.45) is 5.10 Å². The number of esters is 1. The van der Waals surface area contributed by atoms with E-state index in [4.69, 9.17) is 19.3 Å². The maximum Gasteiger partial charge on any atom is 0.337 e. The molecule has 0 aromatic heterocycles. The molecule has 156 valence electrons. The quantitative estimate of drug-likeness (QED) is 0.578. The van der Waals surface area contributed by atoms with Gasteiger partial charge in [-0.2, -0.15) is 5.10 Å². The van der Waals surface area contributed by atoms with Crippen LogP contribution in [0, 0.1) is 0 Å². The molecule has 2 aliphatic heterocycles. The van der Waals surface area contributed by atoms with E-state index in [2.05, 4.69) is 6.07 Å². The molecule has 0 spiro atoms. The summed E-state index contributed by atoms with van der Waals surface area (Å²) in [5.41, 5.74) is 4.61. The average Bonchev–Trinajstić information content (AvgIpc) is 3.29. The Morgan fingerprint density at radius 3 is 2.45 bits per heavy atom. The van der Waals surface area contributed by atoms with Crippen LogP contribution in [0.15, 0.2) is 77.9 Å². The minimum Gasteiger partial charge on any atom is -0.497 e. The van der Waals surface area contributed by atoms with Gasteiger partial charge in [-0.25, -0.2) is 9.80 Å². The standard InChI is InChI=1S/C25H22N2O4/c1-29-19-13-11-16(12-14-19)21-15-22-20-5-3-4-6-23(20)31-24(27(22)26-21)17-7-9-18(10-8-17)25(28)30-2/h3-14,22,24H,15H2,1-2H3. The lowest BCUT2D eigenvalue weighted by Gasteiger charge is -2.38. The molecule has 0 aliphatic carbocycles. The van der Waals surface area contributed by atoms with E-state index in [1.165, 1.54) is 7.11 Å². The molecule has 0 bridgehead atoms. The number of hydrogen-bond acceptors (Lipinski definition) is 6. The number of ether oxygens (including phenoxy) is 3. The van der Waals surface area contributed by atoms with Crippen molar-refractivity contribution < 1.29 is 19.0 Å². The Labute approximate surface area is 180 Å². The molecular formula is C25H22N2O4. The van der Waals surface area contributed by atoms with Gasteiger partial charge in [-0.3, -0.25) is 0 Å². The van der Waals surface area contributed by atoms with E-state index in [0.29, 0.717) is 5.56 Å². The van der Waals surface area contributed by atoms with Crippen molar-refractivity contribution in [3.63, 3.8) is 0 Å². The predicted molar refractivity (Wildman–Crippen MR) is 116 cm³/mol. The van der Waals surface area contributed by atoms with Crippen LogP contribution < -0.4 is 9.47 Å². The summed E-state index contributed by atoms with van der Waals surface area (Å²) in [5.74, 6) is 1.31. The molecule has 0 saturated heterocycles. The van der Waals surface area contributed by atoms with Crippen molar-refractivity contribution in [2.45, 2.75) is 18.7 Å². The molecule has 3 aromatic rings. The van der Waals surface area contributed by atoms with Crippen molar-refractivity contribution in [1.29, 1.82) is 0 Å². The molecule has 5 rings (SSSR count). The summed E-state index contributed by atoms with van der Waals surface area (Å²) >= 11 is 0. The van der Waals surface area contributed by atoms with Gasteiger partial charge >= 0.3 is 5.97 Å². The third-order valence-electron chi connectivity index (χ3n) is 5.74. The van der Waals surface area contributed by atoms with Crippen LogP contribution in [0.5, 0.6) is 11.5 Å². The summed E-state index contributed by atoms with van der Waals surface area (Å²) in [4.78, 5) is 11.8. The largest absolute Gasteiger partial charge is 0.497 e. The Balaban J connectivity index is 1.52. The van der Waals surface area contributed by atoms with Gasteiger partial charge < -0.3 is 14.2 Å². The lowest BCUT2D eigenvalue weighted by Crippen LogP contribution is -2.33. The second-order valence-electron chi connectivity index (χ2n) is 7.50. The molecular weight excluding hydrogens is 392 g/mol. The fourth-order valence-electron chi connectivity index (χ4n) is 4.11. The van der Waals surface area contributed by atoms with Gasteiger partial charge in [-0.15, -0.1) is 0 Å². The number of methoxy groups -OCH3 is 2. The number of carbonyl (C=O) groups excluding carboxylic acids is 1. The number of hydrogen-bond donors (Lipinski definition) is 0. The van der Waals surface area contributed by atoms with Crippen LogP contribution in [0.1, 0.15) is 45.7 Å². The molecule has 0 radical (unpaired) electrons. The number of rotatable bonds is 4. The monoisotopic (exact) mass is 414 g/mol. The van der Waals surface area contributed by atoms with Crippen LogP contribution in [0.4, 0.5) is 0 Å². The van der Waals surface area contributed by atoms with Gasteiger partial charge in [-0.05, 0) is 48.0 Å². The summed E-state index contributed by atoms with van der Waals surface area (Å²) in [7, 11) is 3.04. The zero-order chi connectivity index (χ0) is 21.4. The molecule has 3 aromatic carbocycles. The minimum atomic E-state index is -0.387. The molecule has 0 N–H and O–H groups in total. The minimum absolute atomic E-state index is 0.0762. The number of nitrogens with zero attached hydrogens (tertiary/aromatic N) is 2. The van der Waals surface area contributed by atoms with Gasteiger partial charge in [0, 0.05) is 17.5 Å². The Morgan fingerprint density at radius 2 is 1.74 bits per heavy atom. The Morgan fingerprint density at radius 1 is 1.00 bits per heavy atom. The highest BCUT2D eigenvalue weighted by atomic mass is 16.5. The highest BCUT2D eigenvalue weighted by molar-refractivity contribution is 6.02. The fourth-order valence-corrected chi connectivity index (χ4v) is 4.11. The second kappa shape index (κ2) is 7.80. The van der Waals surface area contributed by atoms with E-state index in [1.807, 2.05) is 59.6 Å². The summed E-state index contributed by atoms with van der Waals surface area (Å²) in [6.45, 7) is 0. The molecule has 2 atom stereocenters. The number of carbonyl (C=O) groups is 1. The highest BCUT2D eigenvalue weighted by Gasteiger charge is 2.40. The number of fused-ring (bicyclic) bond motifs is 3. The highest BCUT2D eigenvalue weighted by Crippen LogP contribution is 2.47. The topological polar surface area (TPSA) is 60.4 Å². The third kappa shape index (κ3) is 3.40. The van der Waals surface area contributed by atoms with E-state index in [0.717, 1.165) is 40.3 Å². The fraction of sp³-hybridized carbons (Fsp3) is 0.200. The zero-order valence-corrected chi connectivity index (χ0v) is 17.3. The van der Waals surface area contributed by atoms with E-state index < -0.39 is 0 Å². The van der Waals surface area contributed by atoms with Crippen LogP contribution in [-0.4, -0.2) is 30.9 Å². The zero-order valence-electron chi connectivity index (χ0n) is 17.3. The molecule has 2 aliphatic rings. The SMILES string of the molecule is COC(=O)c1ccc(C2Oc3ccccc3C3CC(c4ccc(OC)cc4)=NN32)cc1. The van der Waals surface area contributed by atoms with Crippen LogP contribution in [0.3, 0.4) is 0 Å². The Kier molecular flexibility index (Phi) is 4.82. The van der Waals surface area contributed by atoms with Crippen molar-refractivity contribution in [3.05, 3.63) is 95.1 Å². The van der Waals surface area contributed by atoms with Gasteiger partial charge in [0.25, 0.3) is 0 Å². The first-order chi connectivity index (χ1) is 15.2. The molecule has 6 heteroatoms. The number of para-hydroxylation sites is 1. The van der Waals surface area contributed by atoms with E-state index in [-0.39, 0.29) is 18.2 Å². The normalized spacial score (nSPS) is 19.0. The van der Waals surface area contributed by atoms with Gasteiger partial charge in [0.15, 0.2) is 0 Å². The smallest absolute Gasteiger partial charge is 0.337 e. The summed E-state index contributed by atoms with van der Waals surface area (Å²) in [5, 5.41) is 6.98. The summed E-state index contributed by atoms with van der Waals surface area (Å²) < 4.78 is 16.4. The molecule has 0 amide bonds. The molecule has 6 nitrogen and oxygen atoms in total. The summed E-state index contributed by atoms with van der Waals surface area (Å²) in [6, 6.07) is 23.4. The number of benzene rings is 3. The first-order valence-corrected chi connectivity index (χ1v) is 10.1. The van der Waals surface area contributed by atoms with Crippen molar-refractivity contribution in [2.75, 3.05) is 14.2 Å². The second-order valence-corrected chi connectivity index (χ2v) is 7.50.